The molecular weight excluding hydrogens is 292 g/mol. The highest BCUT2D eigenvalue weighted by atomic mass is 16.2. The summed E-state index contributed by atoms with van der Waals surface area (Å²) < 4.78 is 1.62. The molecule has 122 valence electrons. The monoisotopic (exact) mass is 314 g/mol. The molecule has 0 bridgehead atoms. The van der Waals surface area contributed by atoms with Crippen molar-refractivity contribution in [1.82, 2.24) is 25.1 Å². The third-order valence-electron chi connectivity index (χ3n) is 4.26. The van der Waals surface area contributed by atoms with E-state index in [2.05, 4.69) is 27.8 Å². The van der Waals surface area contributed by atoms with Gasteiger partial charge in [0.1, 0.15) is 6.33 Å². The van der Waals surface area contributed by atoms with Gasteiger partial charge in [-0.3, -0.25) is 4.79 Å². The largest absolute Gasteiger partial charge is 0.376 e. The van der Waals surface area contributed by atoms with Crippen molar-refractivity contribution in [1.29, 1.82) is 0 Å². The molecule has 1 saturated heterocycles. The summed E-state index contributed by atoms with van der Waals surface area (Å²) in [7, 11) is 0. The van der Waals surface area contributed by atoms with E-state index in [1.807, 2.05) is 30.0 Å². The molecule has 1 aromatic carbocycles. The molecule has 0 aliphatic carbocycles. The maximum atomic E-state index is 12.3. The Bertz CT molecular complexity index is 669. The first-order chi connectivity index (χ1) is 11.1. The van der Waals surface area contributed by atoms with Crippen LogP contribution in [0.4, 0.5) is 5.69 Å². The molecule has 0 spiro atoms. The SMILES string of the molecule is Cc1ccc(NCC(=O)N2CCCC(C)C2)cc1-n1cnnn1. The summed E-state index contributed by atoms with van der Waals surface area (Å²) >= 11 is 0. The Morgan fingerprint density at radius 2 is 2.30 bits per heavy atom. The van der Waals surface area contributed by atoms with Crippen molar-refractivity contribution in [2.24, 2.45) is 5.92 Å². The molecule has 1 aromatic heterocycles. The fourth-order valence-corrected chi connectivity index (χ4v) is 2.94. The number of amides is 1. The molecule has 0 radical (unpaired) electrons. The van der Waals surface area contributed by atoms with Gasteiger partial charge in [0.15, 0.2) is 0 Å². The van der Waals surface area contributed by atoms with Crippen molar-refractivity contribution >= 4 is 11.6 Å². The third-order valence-corrected chi connectivity index (χ3v) is 4.26. The Kier molecular flexibility index (Phi) is 4.55. The molecule has 2 aromatic rings. The van der Waals surface area contributed by atoms with Crippen LogP contribution in [0.5, 0.6) is 0 Å². The highest BCUT2D eigenvalue weighted by Gasteiger charge is 2.20. The molecule has 23 heavy (non-hydrogen) atoms. The number of nitrogens with zero attached hydrogens (tertiary/aromatic N) is 5. The highest BCUT2D eigenvalue weighted by Crippen LogP contribution is 2.19. The Hall–Kier alpha value is -2.44. The van der Waals surface area contributed by atoms with Gasteiger partial charge in [-0.2, -0.15) is 0 Å². The standard InChI is InChI=1S/C16H22N6O/c1-12-4-3-7-21(10-12)16(23)9-17-14-6-5-13(2)15(8-14)22-11-18-19-20-22/h5-6,8,11-12,17H,3-4,7,9-10H2,1-2H3. The Morgan fingerprint density at radius 3 is 3.04 bits per heavy atom. The van der Waals surface area contributed by atoms with Crippen LogP contribution in [0, 0.1) is 12.8 Å². The summed E-state index contributed by atoms with van der Waals surface area (Å²) in [5.41, 5.74) is 2.86. The topological polar surface area (TPSA) is 75.9 Å². The molecule has 3 rings (SSSR count). The van der Waals surface area contributed by atoms with E-state index in [0.29, 0.717) is 12.5 Å². The van der Waals surface area contributed by atoms with E-state index in [0.717, 1.165) is 36.4 Å². The maximum Gasteiger partial charge on any atom is 0.241 e. The van der Waals surface area contributed by atoms with E-state index >= 15 is 0 Å². The molecule has 1 N–H and O–H groups in total. The van der Waals surface area contributed by atoms with E-state index in [1.165, 1.54) is 6.42 Å². The van der Waals surface area contributed by atoms with Gasteiger partial charge in [0.05, 0.1) is 12.2 Å². The second-order valence-corrected chi connectivity index (χ2v) is 6.20. The van der Waals surface area contributed by atoms with E-state index in [4.69, 9.17) is 0 Å². The molecular formula is C16H22N6O. The number of anilines is 1. The van der Waals surface area contributed by atoms with Crippen LogP contribution in [0.2, 0.25) is 0 Å². The fraction of sp³-hybridized carbons (Fsp3) is 0.500. The van der Waals surface area contributed by atoms with Crippen LogP contribution in [0.3, 0.4) is 0 Å². The predicted octanol–water partition coefficient (Wildman–Crippen LogP) is 1.64. The number of benzene rings is 1. The van der Waals surface area contributed by atoms with Gasteiger partial charge in [-0.25, -0.2) is 4.68 Å². The van der Waals surface area contributed by atoms with Crippen LogP contribution in [0.25, 0.3) is 5.69 Å². The zero-order valence-electron chi connectivity index (χ0n) is 13.6. The van der Waals surface area contributed by atoms with E-state index in [9.17, 15) is 4.79 Å². The molecule has 1 fully saturated rings. The van der Waals surface area contributed by atoms with Crippen molar-refractivity contribution in [2.75, 3.05) is 25.0 Å². The Labute approximate surface area is 135 Å². The second kappa shape index (κ2) is 6.76. The fourth-order valence-electron chi connectivity index (χ4n) is 2.94. The van der Waals surface area contributed by atoms with Crippen LogP contribution >= 0.6 is 0 Å². The van der Waals surface area contributed by atoms with Gasteiger partial charge in [0.2, 0.25) is 5.91 Å². The lowest BCUT2D eigenvalue weighted by molar-refractivity contribution is -0.130. The number of tetrazole rings is 1. The number of aromatic nitrogens is 4. The van der Waals surface area contributed by atoms with E-state index < -0.39 is 0 Å². The van der Waals surface area contributed by atoms with E-state index in [1.54, 1.807) is 11.0 Å². The van der Waals surface area contributed by atoms with Crippen molar-refractivity contribution in [3.63, 3.8) is 0 Å². The van der Waals surface area contributed by atoms with Crippen molar-refractivity contribution in [2.45, 2.75) is 26.7 Å². The molecule has 7 nitrogen and oxygen atoms in total. The lowest BCUT2D eigenvalue weighted by atomic mass is 10.0. The summed E-state index contributed by atoms with van der Waals surface area (Å²) in [6.07, 6.45) is 3.87. The third kappa shape index (κ3) is 3.67. The quantitative estimate of drug-likeness (QED) is 0.928. The number of nitrogens with one attached hydrogen (secondary N) is 1. The zero-order chi connectivity index (χ0) is 16.2. The summed E-state index contributed by atoms with van der Waals surface area (Å²) in [4.78, 5) is 14.3. The first-order valence-electron chi connectivity index (χ1n) is 7.99. The number of hydrogen-bond donors (Lipinski definition) is 1. The number of rotatable bonds is 4. The van der Waals surface area contributed by atoms with Gasteiger partial charge in [0.25, 0.3) is 0 Å². The smallest absolute Gasteiger partial charge is 0.241 e. The van der Waals surface area contributed by atoms with Gasteiger partial charge in [-0.15, -0.1) is 5.10 Å². The van der Waals surface area contributed by atoms with Crippen molar-refractivity contribution in [3.8, 4) is 5.69 Å². The van der Waals surface area contributed by atoms with E-state index in [-0.39, 0.29) is 5.91 Å². The molecule has 1 unspecified atom stereocenters. The molecule has 1 atom stereocenters. The molecule has 0 saturated carbocycles. The first-order valence-corrected chi connectivity index (χ1v) is 7.99. The molecule has 1 aliphatic rings. The molecule has 1 aliphatic heterocycles. The summed E-state index contributed by atoms with van der Waals surface area (Å²) in [5.74, 6) is 0.750. The number of piperidine rings is 1. The number of carbonyl (C=O) groups excluding carboxylic acids is 1. The normalized spacial score (nSPS) is 18.0. The van der Waals surface area contributed by atoms with Gasteiger partial charge >= 0.3 is 0 Å². The Morgan fingerprint density at radius 1 is 1.43 bits per heavy atom. The van der Waals surface area contributed by atoms with Gasteiger partial charge in [-0.1, -0.05) is 13.0 Å². The van der Waals surface area contributed by atoms with Crippen molar-refractivity contribution < 1.29 is 4.79 Å². The molecule has 2 heterocycles. The highest BCUT2D eigenvalue weighted by molar-refractivity contribution is 5.81. The lowest BCUT2D eigenvalue weighted by Crippen LogP contribution is -2.41. The zero-order valence-corrected chi connectivity index (χ0v) is 13.6. The molecule has 1 amide bonds. The van der Waals surface area contributed by atoms with Crippen LogP contribution in [0.1, 0.15) is 25.3 Å². The average Bonchev–Trinajstić information content (AvgIpc) is 3.08. The maximum absolute atomic E-state index is 12.3. The number of likely N-dealkylation sites (tertiary alicyclic amines) is 1. The van der Waals surface area contributed by atoms with Crippen LogP contribution in [-0.4, -0.2) is 50.6 Å². The lowest BCUT2D eigenvalue weighted by Gasteiger charge is -2.31. The van der Waals surface area contributed by atoms with Crippen molar-refractivity contribution in [3.05, 3.63) is 30.1 Å². The van der Waals surface area contributed by atoms with Crippen LogP contribution in [-0.2, 0) is 4.79 Å². The summed E-state index contributed by atoms with van der Waals surface area (Å²) in [5, 5.41) is 14.5. The second-order valence-electron chi connectivity index (χ2n) is 6.20. The summed E-state index contributed by atoms with van der Waals surface area (Å²) in [6.45, 7) is 6.25. The van der Waals surface area contributed by atoms with Gasteiger partial charge in [-0.05, 0) is 53.8 Å². The molecule has 7 heteroatoms. The first kappa shape index (κ1) is 15.5. The van der Waals surface area contributed by atoms with Gasteiger partial charge in [0, 0.05) is 18.8 Å². The van der Waals surface area contributed by atoms with Crippen LogP contribution < -0.4 is 5.32 Å². The number of carbonyl (C=O) groups is 1. The predicted molar refractivity (Wildman–Crippen MR) is 87.4 cm³/mol. The Balaban J connectivity index is 1.64. The minimum Gasteiger partial charge on any atom is -0.376 e. The average molecular weight is 314 g/mol. The minimum atomic E-state index is 0.154. The minimum absolute atomic E-state index is 0.154. The van der Waals surface area contributed by atoms with Gasteiger partial charge < -0.3 is 10.2 Å². The van der Waals surface area contributed by atoms with Crippen LogP contribution in [0.15, 0.2) is 24.5 Å². The number of hydrogen-bond acceptors (Lipinski definition) is 5. The summed E-state index contributed by atoms with van der Waals surface area (Å²) in [6, 6.07) is 5.92. The number of aryl methyl sites for hydroxylation is 1.